The van der Waals surface area contributed by atoms with Crippen molar-refractivity contribution < 1.29 is 9.47 Å². The van der Waals surface area contributed by atoms with E-state index < -0.39 is 0 Å². The number of para-hydroxylation sites is 1. The standard InChI is InChI=1S/C15H24N2O2/c1-3-17-8-9-19-14(11-17)10-16-15-7-5-4-6-13(15)12-18-2/h4-7,14,16H,3,8-12H2,1-2H3. The van der Waals surface area contributed by atoms with E-state index >= 15 is 0 Å². The Labute approximate surface area is 115 Å². The van der Waals surface area contributed by atoms with Crippen molar-refractivity contribution >= 4 is 5.69 Å². The highest BCUT2D eigenvalue weighted by Gasteiger charge is 2.19. The minimum atomic E-state index is 0.268. The number of anilines is 1. The number of hydrogen-bond acceptors (Lipinski definition) is 4. The van der Waals surface area contributed by atoms with Crippen molar-refractivity contribution in [2.75, 3.05) is 45.2 Å². The highest BCUT2D eigenvalue weighted by molar-refractivity contribution is 5.50. The molecule has 4 heteroatoms. The van der Waals surface area contributed by atoms with Gasteiger partial charge in [0.05, 0.1) is 19.3 Å². The van der Waals surface area contributed by atoms with Crippen molar-refractivity contribution in [1.29, 1.82) is 0 Å². The van der Waals surface area contributed by atoms with Crippen LogP contribution < -0.4 is 5.32 Å². The molecule has 0 amide bonds. The van der Waals surface area contributed by atoms with Crippen LogP contribution in [-0.4, -0.2) is 50.9 Å². The van der Waals surface area contributed by atoms with Crippen LogP contribution >= 0.6 is 0 Å². The summed E-state index contributed by atoms with van der Waals surface area (Å²) in [5, 5.41) is 3.48. The topological polar surface area (TPSA) is 33.7 Å². The van der Waals surface area contributed by atoms with Gasteiger partial charge in [0.2, 0.25) is 0 Å². The molecule has 1 atom stereocenters. The Bertz CT molecular complexity index is 384. The molecule has 1 saturated heterocycles. The number of morpholine rings is 1. The minimum absolute atomic E-state index is 0.268. The average Bonchev–Trinajstić information content (AvgIpc) is 2.47. The molecule has 1 heterocycles. The number of benzene rings is 1. The lowest BCUT2D eigenvalue weighted by Gasteiger charge is -2.32. The lowest BCUT2D eigenvalue weighted by atomic mass is 10.2. The number of nitrogens with one attached hydrogen (secondary N) is 1. The molecule has 1 unspecified atom stereocenters. The number of likely N-dealkylation sites (N-methyl/N-ethyl adjacent to an activating group) is 1. The lowest BCUT2D eigenvalue weighted by Crippen LogP contribution is -2.45. The molecule has 106 valence electrons. The maximum Gasteiger partial charge on any atom is 0.0874 e. The summed E-state index contributed by atoms with van der Waals surface area (Å²) in [7, 11) is 1.72. The minimum Gasteiger partial charge on any atom is -0.382 e. The van der Waals surface area contributed by atoms with Crippen molar-refractivity contribution in [2.45, 2.75) is 19.6 Å². The van der Waals surface area contributed by atoms with Crippen molar-refractivity contribution in [3.63, 3.8) is 0 Å². The van der Waals surface area contributed by atoms with Gasteiger partial charge < -0.3 is 14.8 Å². The number of nitrogens with zero attached hydrogens (tertiary/aromatic N) is 1. The first kappa shape index (κ1) is 14.3. The van der Waals surface area contributed by atoms with Gasteiger partial charge in [0.1, 0.15) is 0 Å². The van der Waals surface area contributed by atoms with Crippen LogP contribution in [0.2, 0.25) is 0 Å². The van der Waals surface area contributed by atoms with Gasteiger partial charge in [0.25, 0.3) is 0 Å². The summed E-state index contributed by atoms with van der Waals surface area (Å²) in [5.41, 5.74) is 2.33. The zero-order valence-electron chi connectivity index (χ0n) is 11.9. The second-order valence-electron chi connectivity index (χ2n) is 4.86. The van der Waals surface area contributed by atoms with E-state index in [0.717, 1.165) is 38.5 Å². The monoisotopic (exact) mass is 264 g/mol. The van der Waals surface area contributed by atoms with E-state index in [1.165, 1.54) is 5.56 Å². The van der Waals surface area contributed by atoms with Crippen molar-refractivity contribution in [3.05, 3.63) is 29.8 Å². The molecule has 0 aliphatic carbocycles. The summed E-state index contributed by atoms with van der Waals surface area (Å²) in [4.78, 5) is 2.43. The molecule has 0 aromatic heterocycles. The molecule has 1 N–H and O–H groups in total. The fourth-order valence-corrected chi connectivity index (χ4v) is 2.39. The van der Waals surface area contributed by atoms with Crippen molar-refractivity contribution in [1.82, 2.24) is 4.90 Å². The zero-order chi connectivity index (χ0) is 13.5. The normalized spacial score (nSPS) is 20.4. The quantitative estimate of drug-likeness (QED) is 0.851. The molecule has 2 rings (SSSR count). The Morgan fingerprint density at radius 1 is 1.42 bits per heavy atom. The first-order valence-electron chi connectivity index (χ1n) is 6.98. The first-order chi connectivity index (χ1) is 9.33. The molecular weight excluding hydrogens is 240 g/mol. The summed E-state index contributed by atoms with van der Waals surface area (Å²) in [5.74, 6) is 0. The Morgan fingerprint density at radius 2 is 2.26 bits per heavy atom. The molecule has 1 aliphatic rings. The van der Waals surface area contributed by atoms with Crippen molar-refractivity contribution in [2.24, 2.45) is 0 Å². The van der Waals surface area contributed by atoms with E-state index in [1.807, 2.05) is 12.1 Å². The van der Waals surface area contributed by atoms with Crippen molar-refractivity contribution in [3.8, 4) is 0 Å². The van der Waals surface area contributed by atoms with E-state index in [1.54, 1.807) is 7.11 Å². The predicted molar refractivity (Wildman–Crippen MR) is 77.5 cm³/mol. The van der Waals surface area contributed by atoms with Gasteiger partial charge in [0, 0.05) is 38.0 Å². The Kier molecular flexibility index (Phi) is 5.63. The predicted octanol–water partition coefficient (Wildman–Crippen LogP) is 1.97. The number of hydrogen-bond donors (Lipinski definition) is 1. The number of rotatable bonds is 6. The first-order valence-corrected chi connectivity index (χ1v) is 6.98. The van der Waals surface area contributed by atoms with Gasteiger partial charge in [-0.15, -0.1) is 0 Å². The van der Waals surface area contributed by atoms with E-state index in [9.17, 15) is 0 Å². The van der Waals surface area contributed by atoms with Gasteiger partial charge in [0.15, 0.2) is 0 Å². The summed E-state index contributed by atoms with van der Waals surface area (Å²) in [6, 6.07) is 8.26. The summed E-state index contributed by atoms with van der Waals surface area (Å²) < 4.78 is 11.0. The average molecular weight is 264 g/mol. The van der Waals surface area contributed by atoms with Crippen LogP contribution in [-0.2, 0) is 16.1 Å². The third-order valence-electron chi connectivity index (χ3n) is 3.51. The number of ether oxygens (including phenoxy) is 2. The fourth-order valence-electron chi connectivity index (χ4n) is 2.39. The maximum absolute atomic E-state index is 5.80. The molecule has 1 aromatic rings. The van der Waals surface area contributed by atoms with Gasteiger partial charge in [-0.3, -0.25) is 4.90 Å². The third kappa shape index (κ3) is 4.20. The van der Waals surface area contributed by atoms with E-state index in [4.69, 9.17) is 9.47 Å². The van der Waals surface area contributed by atoms with Crippen LogP contribution in [0.4, 0.5) is 5.69 Å². The molecule has 4 nitrogen and oxygen atoms in total. The Hall–Kier alpha value is -1.10. The SMILES string of the molecule is CCN1CCOC(CNc2ccccc2COC)C1. The van der Waals surface area contributed by atoms with Crippen LogP contribution in [0.3, 0.4) is 0 Å². The van der Waals surface area contributed by atoms with Crippen LogP contribution in [0.15, 0.2) is 24.3 Å². The number of methoxy groups -OCH3 is 1. The highest BCUT2D eigenvalue weighted by atomic mass is 16.5. The molecule has 0 radical (unpaired) electrons. The second kappa shape index (κ2) is 7.48. The van der Waals surface area contributed by atoms with Crippen LogP contribution in [0.25, 0.3) is 0 Å². The zero-order valence-corrected chi connectivity index (χ0v) is 11.9. The van der Waals surface area contributed by atoms with Crippen LogP contribution in [0.5, 0.6) is 0 Å². The maximum atomic E-state index is 5.80. The smallest absolute Gasteiger partial charge is 0.0874 e. The van der Waals surface area contributed by atoms with Gasteiger partial charge in [-0.25, -0.2) is 0 Å². The van der Waals surface area contributed by atoms with Gasteiger partial charge in [-0.2, -0.15) is 0 Å². The molecule has 1 fully saturated rings. The fraction of sp³-hybridized carbons (Fsp3) is 0.600. The third-order valence-corrected chi connectivity index (χ3v) is 3.51. The second-order valence-corrected chi connectivity index (χ2v) is 4.86. The summed E-state index contributed by atoms with van der Waals surface area (Å²) >= 11 is 0. The largest absolute Gasteiger partial charge is 0.382 e. The summed E-state index contributed by atoms with van der Waals surface area (Å²) in [6.07, 6.45) is 0.268. The van der Waals surface area contributed by atoms with Crippen LogP contribution in [0.1, 0.15) is 12.5 Å². The van der Waals surface area contributed by atoms with Gasteiger partial charge in [-0.1, -0.05) is 25.1 Å². The lowest BCUT2D eigenvalue weighted by molar-refractivity contribution is -0.0191. The Balaban J connectivity index is 1.87. The van der Waals surface area contributed by atoms with Gasteiger partial charge >= 0.3 is 0 Å². The van der Waals surface area contributed by atoms with E-state index in [0.29, 0.717) is 6.61 Å². The molecule has 19 heavy (non-hydrogen) atoms. The molecule has 0 saturated carbocycles. The summed E-state index contributed by atoms with van der Waals surface area (Å²) in [6.45, 7) is 7.67. The molecule has 0 spiro atoms. The molecule has 1 aromatic carbocycles. The highest BCUT2D eigenvalue weighted by Crippen LogP contribution is 2.16. The molecular formula is C15H24N2O2. The van der Waals surface area contributed by atoms with E-state index in [2.05, 4.69) is 29.3 Å². The van der Waals surface area contributed by atoms with Crippen LogP contribution in [0, 0.1) is 0 Å². The van der Waals surface area contributed by atoms with Gasteiger partial charge in [-0.05, 0) is 12.6 Å². The Morgan fingerprint density at radius 3 is 3.05 bits per heavy atom. The molecule has 1 aliphatic heterocycles. The molecule has 0 bridgehead atoms. The van der Waals surface area contributed by atoms with E-state index in [-0.39, 0.29) is 6.10 Å².